The minimum atomic E-state index is -4.58. The highest BCUT2D eigenvalue weighted by atomic mass is 79.9. The predicted octanol–water partition coefficient (Wildman–Crippen LogP) is 6.23. The molecule has 1 aliphatic rings. The molecule has 4 rings (SSSR count). The lowest BCUT2D eigenvalue weighted by Crippen LogP contribution is -2.29. The van der Waals surface area contributed by atoms with Gasteiger partial charge in [0.25, 0.3) is 11.7 Å². The molecule has 0 aliphatic carbocycles. The summed E-state index contributed by atoms with van der Waals surface area (Å²) in [4.78, 5) is 26.9. The fourth-order valence-corrected chi connectivity index (χ4v) is 3.90. The number of alkyl halides is 3. The van der Waals surface area contributed by atoms with Crippen LogP contribution in [0.2, 0.25) is 0 Å². The Morgan fingerprint density at radius 3 is 2.00 bits per heavy atom. The number of hydrogen-bond donors (Lipinski definition) is 1. The zero-order valence-corrected chi connectivity index (χ0v) is 18.2. The Labute approximate surface area is 193 Å². The lowest BCUT2D eigenvalue weighted by atomic mass is 9.95. The molecule has 33 heavy (non-hydrogen) atoms. The first-order valence-electron chi connectivity index (χ1n) is 9.57. The maximum absolute atomic E-state index is 13.5. The van der Waals surface area contributed by atoms with Crippen LogP contribution in [-0.2, 0) is 15.8 Å². The molecule has 0 bridgehead atoms. The molecule has 1 unspecified atom stereocenters. The number of benzene rings is 3. The van der Waals surface area contributed by atoms with Gasteiger partial charge in [-0.15, -0.1) is 0 Å². The second-order valence-corrected chi connectivity index (χ2v) is 8.19. The summed E-state index contributed by atoms with van der Waals surface area (Å²) in [6, 6.07) is 13.8. The van der Waals surface area contributed by atoms with Crippen molar-refractivity contribution in [3.8, 4) is 0 Å². The van der Waals surface area contributed by atoms with Crippen molar-refractivity contribution >= 4 is 39.1 Å². The SMILES string of the molecule is O=C1C(=O)N(c2ccc(C(F)(F)F)cc2)C(c2ccc(F)cc2)/C1=C(\O)c1ccc(Br)cc1. The fourth-order valence-electron chi connectivity index (χ4n) is 3.63. The Hall–Kier alpha value is -3.46. The van der Waals surface area contributed by atoms with Crippen LogP contribution in [0.1, 0.15) is 22.7 Å². The van der Waals surface area contributed by atoms with Gasteiger partial charge in [-0.2, -0.15) is 13.2 Å². The fraction of sp³-hybridized carbons (Fsp3) is 0.0833. The van der Waals surface area contributed by atoms with E-state index in [1.807, 2.05) is 0 Å². The van der Waals surface area contributed by atoms with Crippen molar-refractivity contribution in [3.05, 3.63) is 105 Å². The van der Waals surface area contributed by atoms with Crippen LogP contribution in [0.4, 0.5) is 23.2 Å². The minimum absolute atomic E-state index is 0.0225. The van der Waals surface area contributed by atoms with Crippen LogP contribution in [-0.4, -0.2) is 16.8 Å². The number of halogens is 5. The number of Topliss-reactive ketones (excluding diaryl/α,β-unsaturated/α-hetero) is 1. The molecule has 1 amide bonds. The summed E-state index contributed by atoms with van der Waals surface area (Å²) >= 11 is 3.27. The highest BCUT2D eigenvalue weighted by molar-refractivity contribution is 9.10. The van der Waals surface area contributed by atoms with Crippen LogP contribution >= 0.6 is 15.9 Å². The second kappa shape index (κ2) is 8.47. The van der Waals surface area contributed by atoms with Crippen LogP contribution in [0.3, 0.4) is 0 Å². The molecule has 1 fully saturated rings. The zero-order valence-electron chi connectivity index (χ0n) is 16.6. The quantitative estimate of drug-likeness (QED) is 0.193. The summed E-state index contributed by atoms with van der Waals surface area (Å²) in [6.45, 7) is 0. The van der Waals surface area contributed by atoms with Crippen LogP contribution in [0.5, 0.6) is 0 Å². The van der Waals surface area contributed by atoms with E-state index in [0.29, 0.717) is 5.56 Å². The number of carbonyl (C=O) groups excluding carboxylic acids is 2. The molecule has 0 aromatic heterocycles. The molecule has 3 aromatic rings. The molecule has 0 spiro atoms. The summed E-state index contributed by atoms with van der Waals surface area (Å²) < 4.78 is 53.2. The first-order chi connectivity index (χ1) is 15.6. The Kier molecular flexibility index (Phi) is 5.84. The topological polar surface area (TPSA) is 57.6 Å². The van der Waals surface area contributed by atoms with Crippen molar-refractivity contribution < 1.29 is 32.3 Å². The van der Waals surface area contributed by atoms with E-state index in [2.05, 4.69) is 15.9 Å². The minimum Gasteiger partial charge on any atom is -0.507 e. The van der Waals surface area contributed by atoms with E-state index in [1.165, 1.54) is 24.3 Å². The average molecular weight is 520 g/mol. The molecule has 1 atom stereocenters. The van der Waals surface area contributed by atoms with Gasteiger partial charge >= 0.3 is 6.18 Å². The predicted molar refractivity (Wildman–Crippen MR) is 117 cm³/mol. The first kappa shape index (κ1) is 22.7. The van der Waals surface area contributed by atoms with Crippen molar-refractivity contribution in [1.29, 1.82) is 0 Å². The smallest absolute Gasteiger partial charge is 0.416 e. The molecule has 4 nitrogen and oxygen atoms in total. The Balaban J connectivity index is 1.89. The van der Waals surface area contributed by atoms with Crippen molar-refractivity contribution in [3.63, 3.8) is 0 Å². The highest BCUT2D eigenvalue weighted by Crippen LogP contribution is 2.43. The third kappa shape index (κ3) is 4.28. The number of aliphatic hydroxyl groups excluding tert-OH is 1. The van der Waals surface area contributed by atoms with Crippen LogP contribution in [0.15, 0.2) is 82.8 Å². The van der Waals surface area contributed by atoms with E-state index in [0.717, 1.165) is 45.8 Å². The van der Waals surface area contributed by atoms with Gasteiger partial charge in [-0.05, 0) is 54.1 Å². The van der Waals surface area contributed by atoms with Gasteiger partial charge in [0.2, 0.25) is 0 Å². The second-order valence-electron chi connectivity index (χ2n) is 7.27. The van der Waals surface area contributed by atoms with Gasteiger partial charge in [-0.3, -0.25) is 14.5 Å². The molecule has 0 saturated carbocycles. The Bertz CT molecular complexity index is 1250. The third-order valence-electron chi connectivity index (χ3n) is 5.22. The van der Waals surface area contributed by atoms with Crippen LogP contribution < -0.4 is 4.90 Å². The van der Waals surface area contributed by atoms with Gasteiger partial charge in [0.15, 0.2) is 0 Å². The zero-order chi connectivity index (χ0) is 23.9. The monoisotopic (exact) mass is 519 g/mol. The van der Waals surface area contributed by atoms with Crippen molar-refractivity contribution in [2.24, 2.45) is 0 Å². The molecule has 0 radical (unpaired) electrons. The number of hydrogen-bond acceptors (Lipinski definition) is 3. The molecular weight excluding hydrogens is 506 g/mol. The van der Waals surface area contributed by atoms with E-state index >= 15 is 0 Å². The maximum atomic E-state index is 13.5. The largest absolute Gasteiger partial charge is 0.507 e. The summed E-state index contributed by atoms with van der Waals surface area (Å²) in [5.41, 5.74) is -0.593. The molecule has 3 aromatic carbocycles. The third-order valence-corrected chi connectivity index (χ3v) is 5.75. The van der Waals surface area contributed by atoms with E-state index in [4.69, 9.17) is 0 Å². The summed E-state index contributed by atoms with van der Waals surface area (Å²) in [5.74, 6) is -3.05. The van der Waals surface area contributed by atoms with Gasteiger partial charge in [-0.1, -0.05) is 40.2 Å². The van der Waals surface area contributed by atoms with Crippen molar-refractivity contribution in [2.45, 2.75) is 12.2 Å². The molecule has 9 heteroatoms. The lowest BCUT2D eigenvalue weighted by molar-refractivity contribution is -0.137. The Morgan fingerprint density at radius 1 is 0.879 bits per heavy atom. The summed E-state index contributed by atoms with van der Waals surface area (Å²) in [6.07, 6.45) is -4.58. The van der Waals surface area contributed by atoms with Gasteiger partial charge < -0.3 is 5.11 Å². The number of nitrogens with zero attached hydrogens (tertiary/aromatic N) is 1. The molecule has 1 aliphatic heterocycles. The number of carbonyl (C=O) groups is 2. The molecule has 1 N–H and O–H groups in total. The van der Waals surface area contributed by atoms with Crippen LogP contribution in [0, 0.1) is 5.82 Å². The number of aliphatic hydroxyl groups is 1. The molecule has 168 valence electrons. The number of anilines is 1. The van der Waals surface area contributed by atoms with Crippen LogP contribution in [0.25, 0.3) is 5.76 Å². The van der Waals surface area contributed by atoms with Gasteiger partial charge in [0.05, 0.1) is 17.2 Å². The lowest BCUT2D eigenvalue weighted by Gasteiger charge is -2.25. The Morgan fingerprint density at radius 2 is 1.45 bits per heavy atom. The molecular formula is C24H14BrF4NO3. The normalized spacial score (nSPS) is 18.1. The average Bonchev–Trinajstić information content (AvgIpc) is 3.04. The van der Waals surface area contributed by atoms with E-state index in [9.17, 15) is 32.3 Å². The van der Waals surface area contributed by atoms with E-state index in [-0.39, 0.29) is 16.8 Å². The van der Waals surface area contributed by atoms with Crippen molar-refractivity contribution in [1.82, 2.24) is 0 Å². The van der Waals surface area contributed by atoms with E-state index < -0.39 is 41.0 Å². The number of ketones is 1. The first-order valence-corrected chi connectivity index (χ1v) is 10.4. The van der Waals surface area contributed by atoms with Gasteiger partial charge in [0.1, 0.15) is 11.6 Å². The molecule has 1 heterocycles. The summed E-state index contributed by atoms with van der Waals surface area (Å²) in [7, 11) is 0. The molecule has 1 saturated heterocycles. The van der Waals surface area contributed by atoms with Crippen molar-refractivity contribution in [2.75, 3.05) is 4.90 Å². The number of rotatable bonds is 3. The van der Waals surface area contributed by atoms with E-state index in [1.54, 1.807) is 12.1 Å². The highest BCUT2D eigenvalue weighted by Gasteiger charge is 2.47. The van der Waals surface area contributed by atoms with Gasteiger partial charge in [0, 0.05) is 15.7 Å². The van der Waals surface area contributed by atoms with Gasteiger partial charge in [-0.25, -0.2) is 4.39 Å². The maximum Gasteiger partial charge on any atom is 0.416 e. The standard InChI is InChI=1S/C24H14BrF4NO3/c25-16-7-1-14(2-8-16)21(31)19-20(13-3-9-17(26)10-4-13)30(23(33)22(19)32)18-11-5-15(6-12-18)24(27,28)29/h1-12,20,31H/b21-19+. The summed E-state index contributed by atoms with van der Waals surface area (Å²) in [5, 5.41) is 10.9. The number of amides is 1.